The fraction of sp³-hybridized carbons (Fsp3) is 0.400. The zero-order valence-corrected chi connectivity index (χ0v) is 9.46. The molecule has 1 aromatic carbocycles. The molecule has 2 N–H and O–H groups in total. The first-order valence-electron chi connectivity index (χ1n) is 4.27. The van der Waals surface area contributed by atoms with E-state index >= 15 is 0 Å². The summed E-state index contributed by atoms with van der Waals surface area (Å²) in [5.74, 6) is 2.38. The van der Waals surface area contributed by atoms with E-state index in [2.05, 4.69) is 30.5 Å². The Morgan fingerprint density at radius 2 is 2.15 bits per heavy atom. The summed E-state index contributed by atoms with van der Waals surface area (Å²) < 4.78 is 0. The van der Waals surface area contributed by atoms with Crippen molar-refractivity contribution < 1.29 is 0 Å². The van der Waals surface area contributed by atoms with Gasteiger partial charge in [0.15, 0.2) is 0 Å². The van der Waals surface area contributed by atoms with Gasteiger partial charge in [-0.1, -0.05) is 12.1 Å². The Kier molecular flexibility index (Phi) is 5.35. The van der Waals surface area contributed by atoms with Gasteiger partial charge < -0.3 is 5.73 Å². The molecule has 13 heavy (non-hydrogen) atoms. The summed E-state index contributed by atoms with van der Waals surface area (Å²) >= 11 is 3.78. The van der Waals surface area contributed by atoms with E-state index in [0.717, 1.165) is 0 Å². The van der Waals surface area contributed by atoms with Crippen LogP contribution in [0.3, 0.4) is 0 Å². The summed E-state index contributed by atoms with van der Waals surface area (Å²) in [4.78, 5) is 1.33. The molecule has 0 atom stereocenters. The van der Waals surface area contributed by atoms with E-state index in [9.17, 15) is 0 Å². The van der Waals surface area contributed by atoms with Crippen LogP contribution in [0.2, 0.25) is 0 Å². The molecule has 72 valence electrons. The van der Waals surface area contributed by atoms with Gasteiger partial charge in [-0.2, -0.15) is 11.8 Å². The van der Waals surface area contributed by atoms with Crippen molar-refractivity contribution in [3.63, 3.8) is 0 Å². The van der Waals surface area contributed by atoms with Crippen LogP contribution in [0, 0.1) is 0 Å². The Labute approximate surface area is 88.5 Å². The molecule has 0 aliphatic heterocycles. The van der Waals surface area contributed by atoms with Gasteiger partial charge in [0.05, 0.1) is 0 Å². The lowest BCUT2D eigenvalue weighted by molar-refractivity contribution is 1.06. The topological polar surface area (TPSA) is 26.0 Å². The van der Waals surface area contributed by atoms with Crippen LogP contribution in [0.1, 0.15) is 5.56 Å². The van der Waals surface area contributed by atoms with Crippen molar-refractivity contribution in [3.8, 4) is 0 Å². The van der Waals surface area contributed by atoms with Crippen LogP contribution in [-0.4, -0.2) is 17.8 Å². The van der Waals surface area contributed by atoms with Gasteiger partial charge in [-0.3, -0.25) is 0 Å². The zero-order valence-electron chi connectivity index (χ0n) is 7.82. The lowest BCUT2D eigenvalue weighted by Gasteiger charge is -2.02. The summed E-state index contributed by atoms with van der Waals surface area (Å²) in [6, 6.07) is 8.46. The fourth-order valence-electron chi connectivity index (χ4n) is 1.01. The monoisotopic (exact) mass is 213 g/mol. The van der Waals surface area contributed by atoms with Crippen LogP contribution in [0.5, 0.6) is 0 Å². The van der Waals surface area contributed by atoms with Crippen molar-refractivity contribution in [3.05, 3.63) is 29.8 Å². The maximum Gasteiger partial charge on any atom is 0.0178 e. The molecule has 3 heteroatoms. The molecular formula is C10H15NS2. The number of thioether (sulfide) groups is 2. The summed E-state index contributed by atoms with van der Waals surface area (Å²) in [7, 11) is 0. The molecule has 0 aliphatic carbocycles. The minimum absolute atomic E-state index is 0.636. The standard InChI is InChI=1S/C10H15NS2/c1-12-5-6-13-10-4-2-3-9(7-10)8-11/h2-4,7H,5-6,8,11H2,1H3. The molecular weight excluding hydrogens is 198 g/mol. The lowest BCUT2D eigenvalue weighted by Crippen LogP contribution is -1.95. The highest BCUT2D eigenvalue weighted by atomic mass is 32.2. The number of benzene rings is 1. The summed E-state index contributed by atoms with van der Waals surface area (Å²) in [5, 5.41) is 0. The summed E-state index contributed by atoms with van der Waals surface area (Å²) in [6.45, 7) is 0.636. The summed E-state index contributed by atoms with van der Waals surface area (Å²) in [6.07, 6.45) is 2.14. The van der Waals surface area contributed by atoms with Crippen molar-refractivity contribution in [2.45, 2.75) is 11.4 Å². The maximum absolute atomic E-state index is 5.56. The molecule has 1 rings (SSSR count). The normalized spacial score (nSPS) is 10.3. The molecule has 0 heterocycles. The quantitative estimate of drug-likeness (QED) is 0.601. The van der Waals surface area contributed by atoms with E-state index in [1.165, 1.54) is 22.0 Å². The van der Waals surface area contributed by atoms with E-state index in [1.807, 2.05) is 23.5 Å². The van der Waals surface area contributed by atoms with E-state index < -0.39 is 0 Å². The Morgan fingerprint density at radius 3 is 2.85 bits per heavy atom. The first kappa shape index (κ1) is 11.0. The molecule has 1 aromatic rings. The van der Waals surface area contributed by atoms with Crippen molar-refractivity contribution in [1.29, 1.82) is 0 Å². The zero-order chi connectivity index (χ0) is 9.52. The second kappa shape index (κ2) is 6.35. The molecule has 0 saturated carbocycles. The third kappa shape index (κ3) is 4.07. The molecule has 0 fully saturated rings. The van der Waals surface area contributed by atoms with Gasteiger partial charge in [0.2, 0.25) is 0 Å². The van der Waals surface area contributed by atoms with Crippen molar-refractivity contribution in [2.75, 3.05) is 17.8 Å². The lowest BCUT2D eigenvalue weighted by atomic mass is 10.2. The van der Waals surface area contributed by atoms with Crippen molar-refractivity contribution in [1.82, 2.24) is 0 Å². The molecule has 0 aromatic heterocycles. The Hall–Kier alpha value is -0.120. The Balaban J connectivity index is 2.46. The largest absolute Gasteiger partial charge is 0.326 e. The van der Waals surface area contributed by atoms with Crippen molar-refractivity contribution >= 4 is 23.5 Å². The molecule has 0 aliphatic rings. The predicted molar refractivity (Wildman–Crippen MR) is 63.4 cm³/mol. The first-order chi connectivity index (χ1) is 6.36. The molecule has 0 bridgehead atoms. The number of nitrogens with two attached hydrogens (primary N) is 1. The fourth-order valence-corrected chi connectivity index (χ4v) is 2.65. The van der Waals surface area contributed by atoms with Gasteiger partial charge in [-0.05, 0) is 24.0 Å². The highest BCUT2D eigenvalue weighted by molar-refractivity contribution is 8.02. The average Bonchev–Trinajstić information content (AvgIpc) is 2.19. The van der Waals surface area contributed by atoms with Gasteiger partial charge in [0.1, 0.15) is 0 Å². The molecule has 0 amide bonds. The van der Waals surface area contributed by atoms with Crippen LogP contribution in [0.4, 0.5) is 0 Å². The minimum Gasteiger partial charge on any atom is -0.326 e. The predicted octanol–water partition coefficient (Wildman–Crippen LogP) is 2.60. The first-order valence-corrected chi connectivity index (χ1v) is 6.65. The minimum atomic E-state index is 0.636. The molecule has 0 saturated heterocycles. The number of rotatable bonds is 5. The smallest absolute Gasteiger partial charge is 0.0178 e. The van der Waals surface area contributed by atoms with Crippen LogP contribution in [0.15, 0.2) is 29.2 Å². The summed E-state index contributed by atoms with van der Waals surface area (Å²) in [5.41, 5.74) is 6.78. The highest BCUT2D eigenvalue weighted by Gasteiger charge is 1.94. The third-order valence-corrected chi connectivity index (χ3v) is 3.56. The van der Waals surface area contributed by atoms with Crippen LogP contribution < -0.4 is 5.73 Å². The second-order valence-electron chi connectivity index (χ2n) is 2.69. The molecule has 0 radical (unpaired) electrons. The number of hydrogen-bond donors (Lipinski definition) is 1. The van der Waals surface area contributed by atoms with Crippen LogP contribution >= 0.6 is 23.5 Å². The second-order valence-corrected chi connectivity index (χ2v) is 4.85. The van der Waals surface area contributed by atoms with Gasteiger partial charge >= 0.3 is 0 Å². The Bertz CT molecular complexity index is 250. The third-order valence-electron chi connectivity index (χ3n) is 1.69. The molecule has 0 spiro atoms. The van der Waals surface area contributed by atoms with Gasteiger partial charge in [0, 0.05) is 22.9 Å². The highest BCUT2D eigenvalue weighted by Crippen LogP contribution is 2.19. The van der Waals surface area contributed by atoms with E-state index in [4.69, 9.17) is 5.73 Å². The van der Waals surface area contributed by atoms with Crippen LogP contribution in [0.25, 0.3) is 0 Å². The van der Waals surface area contributed by atoms with E-state index in [-0.39, 0.29) is 0 Å². The van der Waals surface area contributed by atoms with Gasteiger partial charge in [0.25, 0.3) is 0 Å². The molecule has 0 unspecified atom stereocenters. The van der Waals surface area contributed by atoms with Gasteiger partial charge in [-0.25, -0.2) is 0 Å². The van der Waals surface area contributed by atoms with Crippen molar-refractivity contribution in [2.24, 2.45) is 5.73 Å². The number of hydrogen-bond acceptors (Lipinski definition) is 3. The molecule has 1 nitrogen and oxygen atoms in total. The maximum atomic E-state index is 5.56. The van der Waals surface area contributed by atoms with E-state index in [1.54, 1.807) is 0 Å². The van der Waals surface area contributed by atoms with E-state index in [0.29, 0.717) is 6.54 Å². The Morgan fingerprint density at radius 1 is 1.31 bits per heavy atom. The van der Waals surface area contributed by atoms with Crippen LogP contribution in [-0.2, 0) is 6.54 Å². The SMILES string of the molecule is CSCCSc1cccc(CN)c1. The average molecular weight is 213 g/mol. The van der Waals surface area contributed by atoms with Gasteiger partial charge in [-0.15, -0.1) is 11.8 Å².